The van der Waals surface area contributed by atoms with E-state index >= 15 is 0 Å². The Morgan fingerprint density at radius 3 is 2.38 bits per heavy atom. The van der Waals surface area contributed by atoms with Gasteiger partial charge in [-0.2, -0.15) is 10.4 Å². The van der Waals surface area contributed by atoms with Gasteiger partial charge in [-0.1, -0.05) is 22.0 Å². The molecular formula is C43H45BrN10O4. The van der Waals surface area contributed by atoms with Gasteiger partial charge in [0.2, 0.25) is 11.8 Å². The molecule has 0 radical (unpaired) electrons. The number of halogens is 1. The topological polar surface area (TPSA) is 176 Å². The lowest BCUT2D eigenvalue weighted by Gasteiger charge is -2.39. The first kappa shape index (κ1) is 38.1. The molecule has 5 aromatic rings. The number of rotatable bonds is 6. The second kappa shape index (κ2) is 15.0. The molecule has 0 bridgehead atoms. The largest absolute Gasteiger partial charge is 0.471 e. The first-order valence-corrected chi connectivity index (χ1v) is 20.7. The molecule has 0 unspecified atom stereocenters. The van der Waals surface area contributed by atoms with E-state index in [1.807, 2.05) is 39.0 Å². The number of carbonyl (C=O) groups is 1. The molecule has 3 aromatic heterocycles. The number of nitrogens with zero attached hydrogens (tertiary/aromatic N) is 8. The number of fused-ring (bicyclic) bond motifs is 2. The van der Waals surface area contributed by atoms with E-state index in [1.54, 1.807) is 35.8 Å². The Morgan fingerprint density at radius 1 is 0.914 bits per heavy atom. The highest BCUT2D eigenvalue weighted by molar-refractivity contribution is 9.10. The molecule has 2 saturated heterocycles. The predicted molar refractivity (Wildman–Crippen MR) is 219 cm³/mol. The Labute approximate surface area is 345 Å². The van der Waals surface area contributed by atoms with E-state index < -0.39 is 5.60 Å². The fraction of sp³-hybridized carbons (Fsp3) is 0.442. The van der Waals surface area contributed by atoms with Crippen molar-refractivity contribution in [2.45, 2.75) is 83.6 Å². The second-order valence-corrected chi connectivity index (χ2v) is 17.9. The van der Waals surface area contributed by atoms with Gasteiger partial charge in [0, 0.05) is 39.3 Å². The van der Waals surface area contributed by atoms with E-state index in [0.29, 0.717) is 59.5 Å². The predicted octanol–water partition coefficient (Wildman–Crippen LogP) is 7.17. The fourth-order valence-electron chi connectivity index (χ4n) is 8.22. The number of carbonyl (C=O) groups excluding carboxylic acids is 1. The molecule has 58 heavy (non-hydrogen) atoms. The van der Waals surface area contributed by atoms with Gasteiger partial charge in [-0.25, -0.2) is 14.8 Å². The Hall–Kier alpha value is -5.46. The van der Waals surface area contributed by atoms with Crippen LogP contribution >= 0.6 is 15.9 Å². The van der Waals surface area contributed by atoms with Crippen molar-refractivity contribution in [1.82, 2.24) is 40.3 Å². The van der Waals surface area contributed by atoms with Crippen LogP contribution in [0.4, 0.5) is 4.79 Å². The monoisotopic (exact) mass is 844 g/mol. The second-order valence-electron chi connectivity index (χ2n) is 17.0. The number of aliphatic imine (C=N–C) groups is 1. The van der Waals surface area contributed by atoms with Crippen molar-refractivity contribution in [2.75, 3.05) is 26.2 Å². The highest BCUT2D eigenvalue weighted by Crippen LogP contribution is 2.55. The highest BCUT2D eigenvalue weighted by Gasteiger charge is 2.55. The number of nitriles is 1. The third-order valence-electron chi connectivity index (χ3n) is 11.9. The molecule has 2 spiro atoms. The molecule has 15 heteroatoms. The van der Waals surface area contributed by atoms with Crippen LogP contribution in [-0.4, -0.2) is 90.8 Å². The van der Waals surface area contributed by atoms with Gasteiger partial charge < -0.3 is 24.4 Å². The summed E-state index contributed by atoms with van der Waals surface area (Å²) in [5.74, 6) is 0.992. The number of piperidine rings is 2. The van der Waals surface area contributed by atoms with E-state index in [4.69, 9.17) is 24.5 Å². The zero-order valence-electron chi connectivity index (χ0n) is 32.8. The van der Waals surface area contributed by atoms with E-state index in [0.717, 1.165) is 65.4 Å². The SMILES string of the molecule is CC(C)(C)OC(=O)N1CCC2(CC2)[C@@H](Oc2cncc(C3=NCc4ccc(Br)cc43)n2)C1.N#Cc1ccc2[nH]nc(-c3cncc(O[C@H]4CNCCC45CC5)n3)c2c1. The molecule has 2 N–H and O–H groups in total. The number of H-pyrrole nitrogens is 1. The molecular weight excluding hydrogens is 800 g/mol. The van der Waals surface area contributed by atoms with Crippen LogP contribution in [0.25, 0.3) is 22.3 Å². The van der Waals surface area contributed by atoms with Crippen molar-refractivity contribution in [1.29, 1.82) is 5.26 Å². The first-order valence-electron chi connectivity index (χ1n) is 19.9. The summed E-state index contributed by atoms with van der Waals surface area (Å²) >= 11 is 3.54. The number of hydrogen-bond donors (Lipinski definition) is 2. The van der Waals surface area contributed by atoms with Crippen molar-refractivity contribution >= 4 is 38.6 Å². The number of benzene rings is 2. The van der Waals surface area contributed by atoms with Crippen LogP contribution in [0.15, 0.2) is 70.7 Å². The number of ether oxygens (including phenoxy) is 3. The first-order chi connectivity index (χ1) is 28.0. The Bertz CT molecular complexity index is 2450. The minimum atomic E-state index is -0.519. The Kier molecular flexibility index (Phi) is 9.88. The third kappa shape index (κ3) is 7.87. The van der Waals surface area contributed by atoms with Gasteiger partial charge in [0.15, 0.2) is 0 Å². The number of aromatic nitrogens is 6. The summed E-state index contributed by atoms with van der Waals surface area (Å²) < 4.78 is 19.2. The number of aromatic amines is 1. The lowest BCUT2D eigenvalue weighted by atomic mass is 9.90. The standard InChI is InChI=1S/C24H27BrN4O3.C19H18N6O/c1-23(2,3)32-22(30)29-9-8-24(6-7-24)19(14-29)31-20-13-26-12-18(28-20)21-17-10-16(25)5-4-15(17)11-27-21;20-8-12-1-2-14-13(7-12)18(25-24-14)15-9-22-11-17(23-15)26-16-10-21-6-5-19(16)3-4-19/h4-5,10,12-13,19H,6-9,11,14H2,1-3H3;1-2,7,9,11,16,21H,3-6,10H2,(H,24,25)/t19-;16-/m00/s1. The summed E-state index contributed by atoms with van der Waals surface area (Å²) in [6, 6.07) is 13.8. The minimum Gasteiger partial charge on any atom is -0.471 e. The van der Waals surface area contributed by atoms with Crippen LogP contribution in [0.1, 0.15) is 81.7 Å². The summed E-state index contributed by atoms with van der Waals surface area (Å²) in [4.78, 5) is 37.1. The van der Waals surface area contributed by atoms with Crippen LogP contribution < -0.4 is 14.8 Å². The van der Waals surface area contributed by atoms with Crippen LogP contribution in [0.2, 0.25) is 0 Å². The highest BCUT2D eigenvalue weighted by atomic mass is 79.9. The number of hydrogen-bond acceptors (Lipinski definition) is 12. The summed E-state index contributed by atoms with van der Waals surface area (Å²) in [7, 11) is 0. The molecule has 6 heterocycles. The van der Waals surface area contributed by atoms with Gasteiger partial charge >= 0.3 is 6.09 Å². The average Bonchev–Trinajstić information content (AvgIpc) is 4.08. The normalized spacial score (nSPS) is 21.0. The Balaban J connectivity index is 0.000000153. The maximum atomic E-state index is 12.6. The molecule has 2 aliphatic carbocycles. The third-order valence-corrected chi connectivity index (χ3v) is 12.4. The molecule has 2 aromatic carbocycles. The average molecular weight is 846 g/mol. The molecule has 14 nitrogen and oxygen atoms in total. The molecule has 5 aliphatic rings. The van der Waals surface area contributed by atoms with Crippen molar-refractivity contribution in [3.63, 3.8) is 0 Å². The molecule has 2 atom stereocenters. The van der Waals surface area contributed by atoms with Crippen molar-refractivity contribution in [3.8, 4) is 29.2 Å². The van der Waals surface area contributed by atoms with Gasteiger partial charge in [0.1, 0.15) is 34.9 Å². The summed E-state index contributed by atoms with van der Waals surface area (Å²) in [5.41, 5.74) is 6.47. The Morgan fingerprint density at radius 2 is 1.64 bits per heavy atom. The molecule has 10 rings (SSSR count). The van der Waals surface area contributed by atoms with Crippen LogP contribution in [0.3, 0.4) is 0 Å². The van der Waals surface area contributed by atoms with E-state index in [1.165, 1.54) is 18.4 Å². The van der Waals surface area contributed by atoms with E-state index in [9.17, 15) is 4.79 Å². The van der Waals surface area contributed by atoms with Gasteiger partial charge in [-0.05, 0) is 102 Å². The maximum absolute atomic E-state index is 12.6. The van der Waals surface area contributed by atoms with Crippen LogP contribution in [-0.2, 0) is 11.3 Å². The zero-order valence-corrected chi connectivity index (χ0v) is 34.4. The summed E-state index contributed by atoms with van der Waals surface area (Å²) in [6.07, 6.45) is 13.2. The van der Waals surface area contributed by atoms with Gasteiger partial charge in [0.05, 0.1) is 60.7 Å². The van der Waals surface area contributed by atoms with Crippen molar-refractivity contribution in [2.24, 2.45) is 15.8 Å². The zero-order chi connectivity index (χ0) is 40.1. The molecule has 298 valence electrons. The molecule has 2 saturated carbocycles. The molecule has 4 fully saturated rings. The summed E-state index contributed by atoms with van der Waals surface area (Å²) in [6.45, 7) is 9.40. The van der Waals surface area contributed by atoms with Gasteiger partial charge in [0.25, 0.3) is 0 Å². The van der Waals surface area contributed by atoms with E-state index in [2.05, 4.69) is 69.6 Å². The lowest BCUT2D eigenvalue weighted by molar-refractivity contribution is -0.0120. The number of amides is 1. The molecule has 3 aliphatic heterocycles. The lowest BCUT2D eigenvalue weighted by Crippen LogP contribution is -2.51. The van der Waals surface area contributed by atoms with Crippen LogP contribution in [0.5, 0.6) is 11.8 Å². The van der Waals surface area contributed by atoms with Gasteiger partial charge in [-0.15, -0.1) is 0 Å². The fourth-order valence-corrected chi connectivity index (χ4v) is 8.58. The maximum Gasteiger partial charge on any atom is 0.410 e. The number of likely N-dealkylation sites (tertiary alicyclic amines) is 1. The smallest absolute Gasteiger partial charge is 0.410 e. The van der Waals surface area contributed by atoms with Crippen molar-refractivity contribution < 1.29 is 19.0 Å². The molecule has 1 amide bonds. The van der Waals surface area contributed by atoms with Crippen LogP contribution in [0, 0.1) is 22.2 Å². The quantitative estimate of drug-likeness (QED) is 0.177. The number of nitrogens with one attached hydrogen (secondary N) is 2. The van der Waals surface area contributed by atoms with Crippen molar-refractivity contribution in [3.05, 3.63) is 88.0 Å². The van der Waals surface area contributed by atoms with E-state index in [-0.39, 0.29) is 23.7 Å². The summed E-state index contributed by atoms with van der Waals surface area (Å²) in [5, 5.41) is 20.8. The van der Waals surface area contributed by atoms with Gasteiger partial charge in [-0.3, -0.25) is 20.1 Å². The minimum absolute atomic E-state index is 0.124.